The molecule has 0 spiro atoms. The number of halogens is 3. The van der Waals surface area contributed by atoms with Crippen molar-refractivity contribution in [3.8, 4) is 0 Å². The average Bonchev–Trinajstić information content (AvgIpc) is 2.41. The molecule has 0 saturated carbocycles. The minimum atomic E-state index is -0.311. The van der Waals surface area contributed by atoms with Crippen molar-refractivity contribution in [3.05, 3.63) is 63.6 Å². The molecule has 0 saturated heterocycles. The van der Waals surface area contributed by atoms with Gasteiger partial charge in [-0.25, -0.2) is 4.39 Å². The van der Waals surface area contributed by atoms with Crippen LogP contribution in [-0.4, -0.2) is 11.5 Å². The van der Waals surface area contributed by atoms with Crippen molar-refractivity contribution in [3.63, 3.8) is 0 Å². The summed E-state index contributed by atoms with van der Waals surface area (Å²) in [5.41, 5.74) is 1.52. The third kappa shape index (κ3) is 3.69. The standard InChI is InChI=1S/C15H15Cl2FN2/c1-2-20-15(7-10-5-6-19-9-13(10)17)12-4-3-11(16)8-14(12)18/h3-6,8-9,15,20H,2,7H2,1H3. The molecule has 1 heterocycles. The number of hydrogen-bond donors (Lipinski definition) is 1. The highest BCUT2D eigenvalue weighted by Gasteiger charge is 2.17. The summed E-state index contributed by atoms with van der Waals surface area (Å²) in [4.78, 5) is 3.96. The van der Waals surface area contributed by atoms with E-state index in [0.29, 0.717) is 22.0 Å². The zero-order chi connectivity index (χ0) is 14.5. The summed E-state index contributed by atoms with van der Waals surface area (Å²) in [5.74, 6) is -0.311. The fourth-order valence-corrected chi connectivity index (χ4v) is 2.47. The third-order valence-electron chi connectivity index (χ3n) is 3.07. The van der Waals surface area contributed by atoms with Gasteiger partial charge in [-0.05, 0) is 36.7 Å². The first-order valence-electron chi connectivity index (χ1n) is 6.38. The van der Waals surface area contributed by atoms with Crippen molar-refractivity contribution >= 4 is 23.2 Å². The summed E-state index contributed by atoms with van der Waals surface area (Å²) in [6.45, 7) is 2.71. The Morgan fingerprint density at radius 3 is 2.75 bits per heavy atom. The molecule has 1 atom stereocenters. The van der Waals surface area contributed by atoms with Crippen molar-refractivity contribution in [1.29, 1.82) is 0 Å². The van der Waals surface area contributed by atoms with Crippen molar-refractivity contribution in [2.24, 2.45) is 0 Å². The van der Waals surface area contributed by atoms with Gasteiger partial charge in [0.1, 0.15) is 5.82 Å². The van der Waals surface area contributed by atoms with Crippen molar-refractivity contribution in [2.45, 2.75) is 19.4 Å². The van der Waals surface area contributed by atoms with E-state index in [0.717, 1.165) is 12.1 Å². The number of nitrogens with one attached hydrogen (secondary N) is 1. The Balaban J connectivity index is 2.29. The van der Waals surface area contributed by atoms with E-state index in [1.807, 2.05) is 13.0 Å². The summed E-state index contributed by atoms with van der Waals surface area (Å²) in [6.07, 6.45) is 3.87. The lowest BCUT2D eigenvalue weighted by molar-refractivity contribution is 0.510. The Kier molecular flexibility index (Phi) is 5.35. The molecule has 0 aliphatic rings. The van der Waals surface area contributed by atoms with E-state index < -0.39 is 0 Å². The second-order valence-corrected chi connectivity index (χ2v) is 5.29. The van der Waals surface area contributed by atoms with Gasteiger partial charge in [-0.1, -0.05) is 36.2 Å². The SMILES string of the molecule is CCNC(Cc1ccncc1Cl)c1ccc(Cl)cc1F. The van der Waals surface area contributed by atoms with Crippen LogP contribution in [0.2, 0.25) is 10.0 Å². The van der Waals surface area contributed by atoms with Crippen molar-refractivity contribution < 1.29 is 4.39 Å². The first kappa shape index (κ1) is 15.2. The average molecular weight is 313 g/mol. The normalized spacial score (nSPS) is 12.4. The van der Waals surface area contributed by atoms with Gasteiger partial charge in [0.2, 0.25) is 0 Å². The summed E-state index contributed by atoms with van der Waals surface area (Å²) in [7, 11) is 0. The Bertz CT molecular complexity index is 590. The lowest BCUT2D eigenvalue weighted by atomic mass is 9.99. The first-order valence-corrected chi connectivity index (χ1v) is 7.14. The highest BCUT2D eigenvalue weighted by Crippen LogP contribution is 2.26. The van der Waals surface area contributed by atoms with Gasteiger partial charge in [0.15, 0.2) is 0 Å². The quantitative estimate of drug-likeness (QED) is 0.884. The van der Waals surface area contributed by atoms with E-state index in [-0.39, 0.29) is 11.9 Å². The predicted molar refractivity (Wildman–Crippen MR) is 80.8 cm³/mol. The predicted octanol–water partition coefficient (Wildman–Crippen LogP) is 4.42. The largest absolute Gasteiger partial charge is 0.310 e. The molecule has 2 aromatic rings. The second kappa shape index (κ2) is 7.02. The zero-order valence-electron chi connectivity index (χ0n) is 11.0. The van der Waals surface area contributed by atoms with Crippen LogP contribution in [0.1, 0.15) is 24.1 Å². The Labute approximate surface area is 127 Å². The van der Waals surface area contributed by atoms with Crippen LogP contribution in [0, 0.1) is 5.82 Å². The molecule has 1 aromatic carbocycles. The van der Waals surface area contributed by atoms with E-state index in [9.17, 15) is 4.39 Å². The van der Waals surface area contributed by atoms with Gasteiger partial charge in [0.05, 0.1) is 5.02 Å². The fraction of sp³-hybridized carbons (Fsp3) is 0.267. The molecule has 0 fully saturated rings. The summed E-state index contributed by atoms with van der Waals surface area (Å²) >= 11 is 11.9. The molecule has 1 aromatic heterocycles. The van der Waals surface area contributed by atoms with Crippen LogP contribution in [0.3, 0.4) is 0 Å². The molecule has 106 valence electrons. The van der Waals surface area contributed by atoms with Crippen LogP contribution in [0.25, 0.3) is 0 Å². The maximum Gasteiger partial charge on any atom is 0.129 e. The number of hydrogen-bond acceptors (Lipinski definition) is 2. The van der Waals surface area contributed by atoms with Gasteiger partial charge in [-0.15, -0.1) is 0 Å². The molecule has 1 unspecified atom stereocenters. The monoisotopic (exact) mass is 312 g/mol. The number of aromatic nitrogens is 1. The van der Waals surface area contributed by atoms with Crippen LogP contribution < -0.4 is 5.32 Å². The molecule has 0 aliphatic carbocycles. The molecule has 0 radical (unpaired) electrons. The molecule has 0 amide bonds. The maximum absolute atomic E-state index is 14.1. The lowest BCUT2D eigenvalue weighted by Crippen LogP contribution is -2.24. The maximum atomic E-state index is 14.1. The molecular weight excluding hydrogens is 298 g/mol. The number of nitrogens with zero attached hydrogens (tertiary/aromatic N) is 1. The van der Waals surface area contributed by atoms with Crippen LogP contribution in [-0.2, 0) is 6.42 Å². The lowest BCUT2D eigenvalue weighted by Gasteiger charge is -2.19. The van der Waals surface area contributed by atoms with E-state index in [2.05, 4.69) is 10.3 Å². The zero-order valence-corrected chi connectivity index (χ0v) is 12.5. The van der Waals surface area contributed by atoms with Gasteiger partial charge in [0, 0.05) is 29.0 Å². The topological polar surface area (TPSA) is 24.9 Å². The van der Waals surface area contributed by atoms with Crippen LogP contribution in [0.5, 0.6) is 0 Å². The highest BCUT2D eigenvalue weighted by molar-refractivity contribution is 6.31. The molecule has 2 nitrogen and oxygen atoms in total. The molecule has 0 aliphatic heterocycles. The highest BCUT2D eigenvalue weighted by atomic mass is 35.5. The molecule has 20 heavy (non-hydrogen) atoms. The number of benzene rings is 1. The Morgan fingerprint density at radius 2 is 2.10 bits per heavy atom. The third-order valence-corrected chi connectivity index (χ3v) is 3.64. The first-order chi connectivity index (χ1) is 9.61. The summed E-state index contributed by atoms with van der Waals surface area (Å²) < 4.78 is 14.1. The van der Waals surface area contributed by atoms with Crippen molar-refractivity contribution in [1.82, 2.24) is 10.3 Å². The van der Waals surface area contributed by atoms with Crippen LogP contribution >= 0.6 is 23.2 Å². The Hall–Kier alpha value is -1.16. The van der Waals surface area contributed by atoms with E-state index in [1.54, 1.807) is 24.5 Å². The van der Waals surface area contributed by atoms with Gasteiger partial charge in [-0.3, -0.25) is 4.98 Å². The fourth-order valence-electron chi connectivity index (χ4n) is 2.11. The minimum Gasteiger partial charge on any atom is -0.310 e. The molecule has 1 N–H and O–H groups in total. The van der Waals surface area contributed by atoms with E-state index >= 15 is 0 Å². The molecule has 2 rings (SSSR count). The van der Waals surface area contributed by atoms with Gasteiger partial charge < -0.3 is 5.32 Å². The van der Waals surface area contributed by atoms with Gasteiger partial charge >= 0.3 is 0 Å². The second-order valence-electron chi connectivity index (χ2n) is 4.45. The minimum absolute atomic E-state index is 0.155. The molecule has 0 bridgehead atoms. The van der Waals surface area contributed by atoms with E-state index in [1.165, 1.54) is 6.07 Å². The molecular formula is C15H15Cl2FN2. The van der Waals surface area contributed by atoms with Crippen LogP contribution in [0.4, 0.5) is 4.39 Å². The van der Waals surface area contributed by atoms with Gasteiger partial charge in [0.25, 0.3) is 0 Å². The van der Waals surface area contributed by atoms with Crippen molar-refractivity contribution in [2.75, 3.05) is 6.54 Å². The number of likely N-dealkylation sites (N-methyl/N-ethyl adjacent to an activating group) is 1. The number of pyridine rings is 1. The van der Waals surface area contributed by atoms with Crippen LogP contribution in [0.15, 0.2) is 36.7 Å². The van der Waals surface area contributed by atoms with Gasteiger partial charge in [-0.2, -0.15) is 0 Å². The summed E-state index contributed by atoms with van der Waals surface area (Å²) in [5, 5.41) is 4.25. The number of rotatable bonds is 5. The summed E-state index contributed by atoms with van der Waals surface area (Å²) in [6, 6.07) is 6.42. The smallest absolute Gasteiger partial charge is 0.129 e. The molecule has 5 heteroatoms. The van der Waals surface area contributed by atoms with E-state index in [4.69, 9.17) is 23.2 Å². The Morgan fingerprint density at radius 1 is 1.30 bits per heavy atom.